The van der Waals surface area contributed by atoms with E-state index in [1.54, 1.807) is 24.1 Å². The fraction of sp³-hybridized carbons (Fsp3) is 0.435. The molecule has 8 heteroatoms. The summed E-state index contributed by atoms with van der Waals surface area (Å²) in [5, 5.41) is 11.6. The minimum absolute atomic E-state index is 0.193. The van der Waals surface area contributed by atoms with Crippen molar-refractivity contribution >= 4 is 5.91 Å². The zero-order valence-electron chi connectivity index (χ0n) is 17.9. The van der Waals surface area contributed by atoms with E-state index in [9.17, 15) is 23.1 Å². The molecule has 0 spiro atoms. The highest BCUT2D eigenvalue weighted by atomic mass is 19.2. The van der Waals surface area contributed by atoms with E-state index in [0.717, 1.165) is 6.07 Å². The first-order chi connectivity index (χ1) is 14.6. The molecule has 2 unspecified atom stereocenters. The zero-order valence-corrected chi connectivity index (χ0v) is 17.9. The first-order valence-corrected chi connectivity index (χ1v) is 10.1. The summed E-state index contributed by atoms with van der Waals surface area (Å²) in [6.45, 7) is 1.01. The Labute approximate surface area is 180 Å². The van der Waals surface area contributed by atoms with Crippen molar-refractivity contribution in [2.75, 3.05) is 40.8 Å². The molecule has 0 bridgehead atoms. The van der Waals surface area contributed by atoms with Crippen LogP contribution < -0.4 is 4.74 Å². The average molecular weight is 436 g/mol. The summed E-state index contributed by atoms with van der Waals surface area (Å²) in [5.41, 5.74) is -0.665. The highest BCUT2D eigenvalue weighted by Crippen LogP contribution is 2.39. The minimum Gasteiger partial charge on any atom is -0.497 e. The van der Waals surface area contributed by atoms with Crippen LogP contribution in [0.15, 0.2) is 36.4 Å². The van der Waals surface area contributed by atoms with Crippen molar-refractivity contribution in [2.45, 2.75) is 18.4 Å². The smallest absolute Gasteiger partial charge is 0.227 e. The number of carbonyl (C=O) groups is 1. The molecule has 5 nitrogen and oxygen atoms in total. The maximum absolute atomic E-state index is 14.0. The van der Waals surface area contributed by atoms with Crippen molar-refractivity contribution in [2.24, 2.45) is 5.92 Å². The van der Waals surface area contributed by atoms with Crippen LogP contribution in [0.3, 0.4) is 0 Å². The molecular weight excluding hydrogens is 409 g/mol. The van der Waals surface area contributed by atoms with Gasteiger partial charge in [0, 0.05) is 37.2 Å². The molecule has 31 heavy (non-hydrogen) atoms. The quantitative estimate of drug-likeness (QED) is 0.708. The minimum atomic E-state index is -1.29. The standard InChI is InChI=1S/C23H27F3N2O3/c1-27(2)13-17-14-28(22(29)10-15-9-20(25)21(26)12-19(15)24)8-7-23(17,30)16-5-4-6-18(11-16)31-3/h4-6,9,11-12,17,30H,7-8,10,13-14H2,1-3H3. The number of rotatable bonds is 6. The Hall–Kier alpha value is -2.58. The molecule has 0 saturated carbocycles. The van der Waals surface area contributed by atoms with Crippen LogP contribution in [0.25, 0.3) is 0 Å². The lowest BCUT2D eigenvalue weighted by atomic mass is 9.75. The number of nitrogens with zero attached hydrogens (tertiary/aromatic N) is 2. The SMILES string of the molecule is COc1cccc(C2(O)CCN(C(=O)Cc3cc(F)c(F)cc3F)CC2CN(C)C)c1. The summed E-state index contributed by atoms with van der Waals surface area (Å²) >= 11 is 0. The average Bonchev–Trinajstić information content (AvgIpc) is 2.73. The van der Waals surface area contributed by atoms with Crippen LogP contribution >= 0.6 is 0 Å². The summed E-state index contributed by atoms with van der Waals surface area (Å²) in [6.07, 6.45) is -0.0972. The Kier molecular flexibility index (Phi) is 6.91. The lowest BCUT2D eigenvalue weighted by Gasteiger charge is -2.46. The Morgan fingerprint density at radius 2 is 1.90 bits per heavy atom. The predicted molar refractivity (Wildman–Crippen MR) is 110 cm³/mol. The second-order valence-electron chi connectivity index (χ2n) is 8.24. The van der Waals surface area contributed by atoms with Gasteiger partial charge in [-0.1, -0.05) is 12.1 Å². The van der Waals surface area contributed by atoms with E-state index in [4.69, 9.17) is 4.74 Å². The number of methoxy groups -OCH3 is 1. The van der Waals surface area contributed by atoms with Gasteiger partial charge in [0.05, 0.1) is 19.1 Å². The van der Waals surface area contributed by atoms with Gasteiger partial charge in [-0.3, -0.25) is 4.79 Å². The summed E-state index contributed by atoms with van der Waals surface area (Å²) in [7, 11) is 5.31. The van der Waals surface area contributed by atoms with Crippen LogP contribution in [0.5, 0.6) is 5.75 Å². The molecule has 2 aromatic rings. The number of amides is 1. The molecular formula is C23H27F3N2O3. The lowest BCUT2D eigenvalue weighted by Crippen LogP contribution is -2.54. The second kappa shape index (κ2) is 9.28. The normalized spacial score (nSPS) is 21.4. The van der Waals surface area contributed by atoms with Gasteiger partial charge in [-0.25, -0.2) is 13.2 Å². The highest BCUT2D eigenvalue weighted by Gasteiger charge is 2.44. The van der Waals surface area contributed by atoms with Crippen molar-refractivity contribution in [3.05, 3.63) is 65.0 Å². The molecule has 0 aromatic heterocycles. The van der Waals surface area contributed by atoms with Crippen LogP contribution in [0.1, 0.15) is 17.5 Å². The zero-order chi connectivity index (χ0) is 22.8. The summed E-state index contributed by atoms with van der Waals surface area (Å²) in [6, 6.07) is 8.39. The number of hydrogen-bond acceptors (Lipinski definition) is 4. The fourth-order valence-corrected chi connectivity index (χ4v) is 4.14. The van der Waals surface area contributed by atoms with Gasteiger partial charge in [-0.15, -0.1) is 0 Å². The summed E-state index contributed by atoms with van der Waals surface area (Å²) in [4.78, 5) is 16.3. The van der Waals surface area contributed by atoms with Crippen LogP contribution in [0, 0.1) is 23.4 Å². The largest absolute Gasteiger partial charge is 0.497 e. The molecule has 168 valence electrons. The number of benzene rings is 2. The van der Waals surface area contributed by atoms with E-state index in [-0.39, 0.29) is 37.4 Å². The van der Waals surface area contributed by atoms with E-state index in [1.165, 1.54) is 0 Å². The molecule has 2 aromatic carbocycles. The number of likely N-dealkylation sites (tertiary alicyclic amines) is 1. The molecule has 1 aliphatic rings. The Morgan fingerprint density at radius 3 is 2.58 bits per heavy atom. The van der Waals surface area contributed by atoms with Crippen LogP contribution in [0.4, 0.5) is 13.2 Å². The van der Waals surface area contributed by atoms with Gasteiger partial charge < -0.3 is 19.6 Å². The second-order valence-corrected chi connectivity index (χ2v) is 8.24. The number of piperidine rings is 1. The predicted octanol–water partition coefficient (Wildman–Crippen LogP) is 2.95. The number of aliphatic hydroxyl groups is 1. The van der Waals surface area contributed by atoms with E-state index >= 15 is 0 Å². The maximum Gasteiger partial charge on any atom is 0.227 e. The van der Waals surface area contributed by atoms with E-state index < -0.39 is 29.0 Å². The summed E-state index contributed by atoms with van der Waals surface area (Å²) in [5.74, 6) is -3.53. The van der Waals surface area contributed by atoms with Gasteiger partial charge in [0.2, 0.25) is 5.91 Å². The number of ether oxygens (including phenoxy) is 1. The third-order valence-electron chi connectivity index (χ3n) is 5.82. The Balaban J connectivity index is 1.82. The van der Waals surface area contributed by atoms with Crippen molar-refractivity contribution in [3.63, 3.8) is 0 Å². The number of carbonyl (C=O) groups excluding carboxylic acids is 1. The third-order valence-corrected chi connectivity index (χ3v) is 5.82. The third kappa shape index (κ3) is 5.02. The van der Waals surface area contributed by atoms with Gasteiger partial charge >= 0.3 is 0 Å². The number of hydrogen-bond donors (Lipinski definition) is 1. The topological polar surface area (TPSA) is 53.0 Å². The van der Waals surface area contributed by atoms with Gasteiger partial charge in [0.1, 0.15) is 11.6 Å². The van der Waals surface area contributed by atoms with Gasteiger partial charge in [0.15, 0.2) is 11.6 Å². The van der Waals surface area contributed by atoms with Crippen LogP contribution in [-0.4, -0.2) is 61.7 Å². The molecule has 1 fully saturated rings. The van der Waals surface area contributed by atoms with Crippen molar-refractivity contribution in [3.8, 4) is 5.75 Å². The van der Waals surface area contributed by atoms with E-state index in [2.05, 4.69) is 0 Å². The van der Waals surface area contributed by atoms with Crippen LogP contribution in [0.2, 0.25) is 0 Å². The molecule has 1 N–H and O–H groups in total. The summed E-state index contributed by atoms with van der Waals surface area (Å²) < 4.78 is 45.9. The van der Waals surface area contributed by atoms with Crippen molar-refractivity contribution in [1.29, 1.82) is 0 Å². The van der Waals surface area contributed by atoms with E-state index in [0.29, 0.717) is 23.9 Å². The molecule has 0 radical (unpaired) electrons. The van der Waals surface area contributed by atoms with Crippen LogP contribution in [-0.2, 0) is 16.8 Å². The van der Waals surface area contributed by atoms with Gasteiger partial charge in [-0.05, 0) is 44.3 Å². The van der Waals surface area contributed by atoms with E-state index in [1.807, 2.05) is 31.1 Å². The van der Waals surface area contributed by atoms with Crippen molar-refractivity contribution in [1.82, 2.24) is 9.80 Å². The van der Waals surface area contributed by atoms with Gasteiger partial charge in [0.25, 0.3) is 0 Å². The first kappa shape index (κ1) is 23.1. The highest BCUT2D eigenvalue weighted by molar-refractivity contribution is 5.79. The molecule has 0 aliphatic carbocycles. The molecule has 3 rings (SSSR count). The monoisotopic (exact) mass is 436 g/mol. The molecule has 1 amide bonds. The molecule has 1 heterocycles. The first-order valence-electron chi connectivity index (χ1n) is 10.1. The Bertz CT molecular complexity index is 954. The Morgan fingerprint density at radius 1 is 1.19 bits per heavy atom. The maximum atomic E-state index is 14.0. The molecule has 1 aliphatic heterocycles. The lowest BCUT2D eigenvalue weighted by molar-refractivity contribution is -0.141. The van der Waals surface area contributed by atoms with Gasteiger partial charge in [-0.2, -0.15) is 0 Å². The van der Waals surface area contributed by atoms with Crippen molar-refractivity contribution < 1.29 is 27.8 Å². The molecule has 2 atom stereocenters. The molecule has 1 saturated heterocycles. The number of halogens is 3. The fourth-order valence-electron chi connectivity index (χ4n) is 4.14.